The molecule has 0 heterocycles. The van der Waals surface area contributed by atoms with Gasteiger partial charge in [-0.2, -0.15) is 0 Å². The van der Waals surface area contributed by atoms with Crippen molar-refractivity contribution < 1.29 is 9.53 Å². The van der Waals surface area contributed by atoms with Crippen molar-refractivity contribution in [3.05, 3.63) is 29.8 Å². The van der Waals surface area contributed by atoms with Gasteiger partial charge in [0.25, 0.3) is 0 Å². The number of ether oxygens (including phenoxy) is 1. The summed E-state index contributed by atoms with van der Waals surface area (Å²) in [6.07, 6.45) is 4.71. The molecule has 1 aromatic carbocycles. The Hall–Kier alpha value is -1.55. The molecule has 110 valence electrons. The van der Waals surface area contributed by atoms with E-state index in [0.717, 1.165) is 30.7 Å². The van der Waals surface area contributed by atoms with E-state index in [1.54, 1.807) is 7.11 Å². The van der Waals surface area contributed by atoms with Crippen LogP contribution >= 0.6 is 0 Å². The molecule has 20 heavy (non-hydrogen) atoms. The van der Waals surface area contributed by atoms with Crippen molar-refractivity contribution >= 4 is 5.91 Å². The number of benzene rings is 1. The van der Waals surface area contributed by atoms with Crippen LogP contribution in [-0.4, -0.2) is 26.1 Å². The van der Waals surface area contributed by atoms with Crippen molar-refractivity contribution in [1.82, 2.24) is 5.32 Å². The fourth-order valence-electron chi connectivity index (χ4n) is 2.42. The topological polar surface area (TPSA) is 64.3 Å². The second-order valence-electron chi connectivity index (χ2n) is 5.66. The van der Waals surface area contributed by atoms with E-state index in [1.165, 1.54) is 12.8 Å². The van der Waals surface area contributed by atoms with E-state index in [0.29, 0.717) is 18.4 Å². The standard InChI is InChI=1S/C16H24N2O2/c1-20-14-5-2-13(3-6-14)4-7-15(19)18-12-16(8-9-16)10-11-17/h2-3,5-6H,4,7-12,17H2,1H3,(H,18,19). The van der Waals surface area contributed by atoms with Crippen LogP contribution in [0.1, 0.15) is 31.2 Å². The minimum absolute atomic E-state index is 0.129. The molecule has 0 aromatic heterocycles. The Kier molecular flexibility index (Phi) is 5.01. The first-order valence-electron chi connectivity index (χ1n) is 7.27. The SMILES string of the molecule is COc1ccc(CCC(=O)NCC2(CCN)CC2)cc1. The van der Waals surface area contributed by atoms with Crippen LogP contribution in [0.4, 0.5) is 0 Å². The molecule has 0 unspecified atom stereocenters. The van der Waals surface area contributed by atoms with Gasteiger partial charge in [-0.25, -0.2) is 0 Å². The molecule has 4 nitrogen and oxygen atoms in total. The predicted octanol–water partition coefficient (Wildman–Crippen LogP) is 1.87. The zero-order valence-corrected chi connectivity index (χ0v) is 12.2. The van der Waals surface area contributed by atoms with Crippen molar-refractivity contribution in [3.63, 3.8) is 0 Å². The molecule has 1 saturated carbocycles. The Bertz CT molecular complexity index is 438. The van der Waals surface area contributed by atoms with E-state index < -0.39 is 0 Å². The molecule has 1 aliphatic carbocycles. The van der Waals surface area contributed by atoms with Crippen LogP contribution in [0, 0.1) is 5.41 Å². The number of nitrogens with two attached hydrogens (primary N) is 1. The number of amides is 1. The van der Waals surface area contributed by atoms with E-state index >= 15 is 0 Å². The van der Waals surface area contributed by atoms with Crippen LogP contribution < -0.4 is 15.8 Å². The number of carbonyl (C=O) groups is 1. The maximum atomic E-state index is 11.9. The molecule has 0 saturated heterocycles. The number of methoxy groups -OCH3 is 1. The van der Waals surface area contributed by atoms with Crippen LogP contribution in [0.3, 0.4) is 0 Å². The Morgan fingerprint density at radius 1 is 1.35 bits per heavy atom. The normalized spacial score (nSPS) is 15.7. The summed E-state index contributed by atoms with van der Waals surface area (Å²) in [4.78, 5) is 11.9. The summed E-state index contributed by atoms with van der Waals surface area (Å²) in [6, 6.07) is 7.85. The third-order valence-corrected chi connectivity index (χ3v) is 4.09. The summed E-state index contributed by atoms with van der Waals surface area (Å²) in [5, 5.41) is 3.04. The third kappa shape index (κ3) is 4.23. The van der Waals surface area contributed by atoms with Gasteiger partial charge in [0.1, 0.15) is 5.75 Å². The number of hydrogen-bond acceptors (Lipinski definition) is 3. The first-order valence-corrected chi connectivity index (χ1v) is 7.27. The van der Waals surface area contributed by atoms with Crippen LogP contribution in [0.15, 0.2) is 24.3 Å². The van der Waals surface area contributed by atoms with Crippen molar-refractivity contribution in [2.45, 2.75) is 32.1 Å². The van der Waals surface area contributed by atoms with E-state index in [4.69, 9.17) is 10.5 Å². The molecular weight excluding hydrogens is 252 g/mol. The minimum atomic E-state index is 0.129. The maximum absolute atomic E-state index is 11.9. The van der Waals surface area contributed by atoms with E-state index in [-0.39, 0.29) is 5.91 Å². The number of nitrogens with one attached hydrogen (secondary N) is 1. The van der Waals surface area contributed by atoms with Crippen molar-refractivity contribution in [2.75, 3.05) is 20.2 Å². The molecule has 1 amide bonds. The van der Waals surface area contributed by atoms with Gasteiger partial charge in [0.2, 0.25) is 5.91 Å². The molecule has 0 spiro atoms. The lowest BCUT2D eigenvalue weighted by Crippen LogP contribution is -2.31. The van der Waals surface area contributed by atoms with E-state index in [1.807, 2.05) is 24.3 Å². The van der Waals surface area contributed by atoms with Gasteiger partial charge < -0.3 is 15.8 Å². The van der Waals surface area contributed by atoms with Crippen molar-refractivity contribution in [1.29, 1.82) is 0 Å². The highest BCUT2D eigenvalue weighted by molar-refractivity contribution is 5.76. The Labute approximate surface area is 120 Å². The fourth-order valence-corrected chi connectivity index (χ4v) is 2.42. The van der Waals surface area contributed by atoms with Crippen LogP contribution in [0.2, 0.25) is 0 Å². The Morgan fingerprint density at radius 2 is 2.05 bits per heavy atom. The van der Waals surface area contributed by atoms with E-state index in [9.17, 15) is 4.79 Å². The van der Waals surface area contributed by atoms with Gasteiger partial charge in [-0.3, -0.25) is 4.79 Å². The maximum Gasteiger partial charge on any atom is 0.220 e. The lowest BCUT2D eigenvalue weighted by Gasteiger charge is -2.14. The van der Waals surface area contributed by atoms with Gasteiger partial charge in [0, 0.05) is 13.0 Å². The molecule has 1 aliphatic rings. The van der Waals surface area contributed by atoms with Gasteiger partial charge in [-0.05, 0) is 55.3 Å². The minimum Gasteiger partial charge on any atom is -0.497 e. The number of carbonyl (C=O) groups excluding carboxylic acids is 1. The first-order chi connectivity index (χ1) is 9.67. The summed E-state index contributed by atoms with van der Waals surface area (Å²) < 4.78 is 5.11. The quantitative estimate of drug-likeness (QED) is 0.762. The molecule has 2 rings (SSSR count). The summed E-state index contributed by atoms with van der Waals surface area (Å²) >= 11 is 0. The molecular formula is C16H24N2O2. The predicted molar refractivity (Wildman–Crippen MR) is 79.7 cm³/mol. The van der Waals surface area contributed by atoms with Crippen molar-refractivity contribution in [2.24, 2.45) is 11.1 Å². The molecule has 1 fully saturated rings. The first kappa shape index (κ1) is 14.9. The molecule has 1 aromatic rings. The Morgan fingerprint density at radius 3 is 2.60 bits per heavy atom. The molecule has 0 radical (unpaired) electrons. The highest BCUT2D eigenvalue weighted by atomic mass is 16.5. The molecule has 3 N–H and O–H groups in total. The average molecular weight is 276 g/mol. The zero-order chi connectivity index (χ0) is 14.4. The van der Waals surface area contributed by atoms with Gasteiger partial charge in [0.05, 0.1) is 7.11 Å². The summed E-state index contributed by atoms with van der Waals surface area (Å²) in [5.41, 5.74) is 7.06. The van der Waals surface area contributed by atoms with E-state index in [2.05, 4.69) is 5.32 Å². The van der Waals surface area contributed by atoms with Gasteiger partial charge in [0.15, 0.2) is 0 Å². The number of hydrogen-bond donors (Lipinski definition) is 2. The lowest BCUT2D eigenvalue weighted by atomic mass is 10.0. The third-order valence-electron chi connectivity index (χ3n) is 4.09. The van der Waals surface area contributed by atoms with Crippen LogP contribution in [0.25, 0.3) is 0 Å². The largest absolute Gasteiger partial charge is 0.497 e. The highest BCUT2D eigenvalue weighted by Crippen LogP contribution is 2.47. The van der Waals surface area contributed by atoms with Crippen LogP contribution in [-0.2, 0) is 11.2 Å². The molecule has 4 heteroatoms. The highest BCUT2D eigenvalue weighted by Gasteiger charge is 2.41. The smallest absolute Gasteiger partial charge is 0.220 e. The Balaban J connectivity index is 1.69. The average Bonchev–Trinajstić information content (AvgIpc) is 3.24. The zero-order valence-electron chi connectivity index (χ0n) is 12.2. The summed E-state index contributed by atoms with van der Waals surface area (Å²) in [5.74, 6) is 0.972. The lowest BCUT2D eigenvalue weighted by molar-refractivity contribution is -0.121. The van der Waals surface area contributed by atoms with Crippen LogP contribution in [0.5, 0.6) is 5.75 Å². The summed E-state index contributed by atoms with van der Waals surface area (Å²) in [7, 11) is 1.65. The second kappa shape index (κ2) is 6.75. The van der Waals surface area contributed by atoms with Crippen molar-refractivity contribution in [3.8, 4) is 5.75 Å². The number of rotatable bonds is 8. The van der Waals surface area contributed by atoms with Gasteiger partial charge in [-0.15, -0.1) is 0 Å². The number of aryl methyl sites for hydroxylation is 1. The monoisotopic (exact) mass is 276 g/mol. The van der Waals surface area contributed by atoms with Gasteiger partial charge in [-0.1, -0.05) is 12.1 Å². The second-order valence-corrected chi connectivity index (χ2v) is 5.66. The molecule has 0 atom stereocenters. The molecule has 0 aliphatic heterocycles. The van der Waals surface area contributed by atoms with Gasteiger partial charge >= 0.3 is 0 Å². The fraction of sp³-hybridized carbons (Fsp3) is 0.562. The molecule has 0 bridgehead atoms. The summed E-state index contributed by atoms with van der Waals surface area (Å²) in [6.45, 7) is 1.49.